The highest BCUT2D eigenvalue weighted by Gasteiger charge is 2.64. The number of esters is 2. The quantitative estimate of drug-likeness (QED) is 0.0401. The van der Waals surface area contributed by atoms with Crippen molar-refractivity contribution in [3.05, 3.63) is 12.2 Å². The van der Waals surface area contributed by atoms with Crippen LogP contribution in [0.4, 0.5) is 0 Å². The summed E-state index contributed by atoms with van der Waals surface area (Å²) >= 11 is 10.5. The molecule has 69 heavy (non-hydrogen) atoms. The Kier molecular flexibility index (Phi) is 20.2. The number of hydrogen-bond acceptors (Lipinski definition) is 16. The van der Waals surface area contributed by atoms with Gasteiger partial charge in [-0.2, -0.15) is 0 Å². The Bertz CT molecular complexity index is 1970. The van der Waals surface area contributed by atoms with E-state index in [1.807, 2.05) is 55.4 Å². The molecule has 23 heteroatoms. The third-order valence-electron chi connectivity index (χ3n) is 15.6. The highest BCUT2D eigenvalue weighted by Crippen LogP contribution is 2.56. The lowest BCUT2D eigenvalue weighted by atomic mass is 9.72. The number of rotatable bonds is 20. The minimum atomic E-state index is -3.82. The van der Waals surface area contributed by atoms with Crippen LogP contribution >= 0.6 is 34.2 Å². The zero-order chi connectivity index (χ0) is 51.7. The predicted octanol–water partition coefficient (Wildman–Crippen LogP) is 7.17. The van der Waals surface area contributed by atoms with E-state index in [1.165, 1.54) is 0 Å². The summed E-state index contributed by atoms with van der Waals surface area (Å²) in [6, 6.07) is 0. The number of carboxylic acids is 1. The number of hydrogen-bond donors (Lipinski definition) is 6. The van der Waals surface area contributed by atoms with E-state index in [0.29, 0.717) is 80.6 Å². The van der Waals surface area contributed by atoms with Gasteiger partial charge < -0.3 is 62.9 Å². The van der Waals surface area contributed by atoms with Gasteiger partial charge in [0, 0.05) is 24.2 Å². The van der Waals surface area contributed by atoms with Gasteiger partial charge in [0.15, 0.2) is 11.9 Å². The summed E-state index contributed by atoms with van der Waals surface area (Å²) in [7, 11) is 0. The number of ether oxygens (including phenoxy) is 7. The van der Waals surface area contributed by atoms with E-state index in [9.17, 15) is 44.2 Å². The molecular formula is C46H76O17P2S4. The van der Waals surface area contributed by atoms with Crippen LogP contribution in [0.3, 0.4) is 0 Å². The average molecular weight is 1090 g/mol. The fourth-order valence-corrected chi connectivity index (χ4v) is 14.7. The first-order valence-electron chi connectivity index (χ1n) is 24.3. The molecule has 0 aliphatic carbocycles. The summed E-state index contributed by atoms with van der Waals surface area (Å²) in [5, 5.41) is 21.2. The number of aliphatic carboxylic acids is 1. The van der Waals surface area contributed by atoms with E-state index in [2.05, 4.69) is 0 Å². The van der Waals surface area contributed by atoms with Gasteiger partial charge in [-0.15, -0.1) is 0 Å². The van der Waals surface area contributed by atoms with Crippen molar-refractivity contribution in [1.29, 1.82) is 0 Å². The summed E-state index contributed by atoms with van der Waals surface area (Å²) in [5.74, 6) is -10.5. The van der Waals surface area contributed by atoms with Crippen LogP contribution in [0.2, 0.25) is 0 Å². The van der Waals surface area contributed by atoms with Crippen molar-refractivity contribution in [3.8, 4) is 0 Å². The lowest BCUT2D eigenvalue weighted by Gasteiger charge is -2.54. The van der Waals surface area contributed by atoms with Crippen molar-refractivity contribution < 1.29 is 82.1 Å². The van der Waals surface area contributed by atoms with Crippen LogP contribution in [-0.4, -0.2) is 130 Å². The Morgan fingerprint density at radius 1 is 0.826 bits per heavy atom. The summed E-state index contributed by atoms with van der Waals surface area (Å²) in [6.07, 6.45) is 2.83. The number of carbonyl (C=O) groups is 4. The molecule has 0 aromatic rings. The van der Waals surface area contributed by atoms with E-state index in [1.54, 1.807) is 26.0 Å². The van der Waals surface area contributed by atoms with Gasteiger partial charge in [-0.25, -0.2) is 0 Å². The van der Waals surface area contributed by atoms with Crippen molar-refractivity contribution >= 4 is 81.5 Å². The number of carboxylic acid groups (broad SMARTS) is 1. The fourth-order valence-electron chi connectivity index (χ4n) is 11.4. The summed E-state index contributed by atoms with van der Waals surface area (Å²) in [4.78, 5) is 93.7. The van der Waals surface area contributed by atoms with E-state index < -0.39 is 130 Å². The maximum absolute atomic E-state index is 15.2. The number of Topliss-reactive ketones (excluding diaryl/α,β-unsaturated/α-hetero) is 1. The number of ketones is 1. The highest BCUT2D eigenvalue weighted by atomic mass is 32.9. The molecule has 6 N–H and O–H groups in total. The molecule has 0 radical (unpaired) electrons. The van der Waals surface area contributed by atoms with Gasteiger partial charge in [0.2, 0.25) is 17.2 Å². The van der Waals surface area contributed by atoms with Gasteiger partial charge in [-0.1, -0.05) is 78.2 Å². The minimum absolute atomic E-state index is 0.0793. The molecule has 5 aliphatic rings. The van der Waals surface area contributed by atoms with Crippen molar-refractivity contribution in [2.24, 2.45) is 41.4 Å². The van der Waals surface area contributed by atoms with Crippen LogP contribution in [0.25, 0.3) is 0 Å². The van der Waals surface area contributed by atoms with Crippen LogP contribution in [0.1, 0.15) is 133 Å². The standard InChI is InChI=1S/C46H76O17P2S4/c1-11-31(42(50)51)33-15-14-25(4)39(58-33)29(8)41(60-37(48)24-69-65(55,56)67)28(7)38(49)32(12-2)40-26(5)22-27(6)45(61-40)19-17-35(59-36(47)23-68-64(53,54)66)46(63-45)21-20-43(10,62-46)34-16-18-44(52,13-3)30(9)57-34/h17,19,25-35,39-41,52H,11-16,18,20-24H2,1-10H3,(H,50,51)(H2,53,54,66)(H2,55,56,67)/t25-,26+,27-,28+,29+,30+,31+,32?,33?,34-,35-,39+,40+,41+,43+,44-,45-,46-/m1/s1. The molecule has 0 saturated carbocycles. The maximum atomic E-state index is 15.2. The minimum Gasteiger partial charge on any atom is -0.481 e. The van der Waals surface area contributed by atoms with Crippen LogP contribution in [0.5, 0.6) is 0 Å². The van der Waals surface area contributed by atoms with E-state index in [-0.39, 0.29) is 30.0 Å². The molecule has 396 valence electrons. The van der Waals surface area contributed by atoms with E-state index in [0.717, 1.165) is 0 Å². The molecule has 2 unspecified atom stereocenters. The molecule has 4 fully saturated rings. The average Bonchev–Trinajstić information content (AvgIpc) is 3.61. The smallest absolute Gasteiger partial charge is 0.317 e. The zero-order valence-electron chi connectivity index (χ0n) is 41.4. The van der Waals surface area contributed by atoms with Gasteiger partial charge in [-0.05, 0) is 119 Å². The van der Waals surface area contributed by atoms with E-state index >= 15 is 4.79 Å². The van der Waals surface area contributed by atoms with Crippen LogP contribution in [-0.2, 0) is 75.9 Å². The van der Waals surface area contributed by atoms with Gasteiger partial charge in [-0.3, -0.25) is 19.2 Å². The van der Waals surface area contributed by atoms with Gasteiger partial charge in [0.05, 0.1) is 53.6 Å². The third-order valence-corrected chi connectivity index (χ3v) is 21.7. The molecule has 5 aliphatic heterocycles. The first-order chi connectivity index (χ1) is 32.0. The lowest BCUT2D eigenvalue weighted by Crippen LogP contribution is -2.63. The monoisotopic (exact) mass is 1090 g/mol. The second-order valence-corrected chi connectivity index (χ2v) is 32.5. The Morgan fingerprint density at radius 2 is 1.45 bits per heavy atom. The topological polar surface area (TPSA) is 254 Å². The molecule has 0 bridgehead atoms. The predicted molar refractivity (Wildman–Crippen MR) is 269 cm³/mol. The van der Waals surface area contributed by atoms with Crippen LogP contribution in [0.15, 0.2) is 12.2 Å². The van der Waals surface area contributed by atoms with Crippen LogP contribution < -0.4 is 0 Å². The SMILES string of the molecule is CCC(C(=O)[C@H](C)[C@H](OC(=O)CSP(O)(O)=S)[C@@H](C)[C@H]1OC([C@H](CC)C(=O)O)CC[C@H]1C)[C@H]1O[C@@]2(C=C[C@@H](OC(=O)CSP(O)(O)=S)[C@@]3(CC[C@@](C)([C@H]4CC[C@](O)(CC)[C@H](C)O4)O3)O2)[C@H](C)C[C@@H]1C. The summed E-state index contributed by atoms with van der Waals surface area (Å²) in [6.45, 7) is 18.8. The summed E-state index contributed by atoms with van der Waals surface area (Å²) in [5.41, 5.74) is -9.57. The molecule has 0 amide bonds. The van der Waals surface area contributed by atoms with Crippen molar-refractivity contribution in [3.63, 3.8) is 0 Å². The highest BCUT2D eigenvalue weighted by molar-refractivity contribution is 8.67. The largest absolute Gasteiger partial charge is 0.481 e. The van der Waals surface area contributed by atoms with Gasteiger partial charge in [0.1, 0.15) is 23.4 Å². The molecule has 5 rings (SSSR count). The zero-order valence-corrected chi connectivity index (χ0v) is 46.5. The second-order valence-electron chi connectivity index (χ2n) is 20.4. The lowest BCUT2D eigenvalue weighted by molar-refractivity contribution is -0.409. The molecule has 18 atom stereocenters. The second kappa shape index (κ2) is 23.5. The van der Waals surface area contributed by atoms with Crippen LogP contribution in [0, 0.1) is 41.4 Å². The number of carbonyl (C=O) groups excluding carboxylic acids is 3. The summed E-state index contributed by atoms with van der Waals surface area (Å²) < 4.78 is 46.4. The number of aliphatic hydroxyl groups is 1. The normalized spacial score (nSPS) is 38.5. The molecule has 2 spiro atoms. The van der Waals surface area contributed by atoms with Crippen molar-refractivity contribution in [2.45, 2.75) is 199 Å². The molecule has 17 nitrogen and oxygen atoms in total. The molecule has 4 saturated heterocycles. The van der Waals surface area contributed by atoms with Gasteiger partial charge >= 0.3 is 17.9 Å². The molecular weight excluding hydrogens is 1010 g/mol. The van der Waals surface area contributed by atoms with E-state index in [4.69, 9.17) is 56.8 Å². The third kappa shape index (κ3) is 14.0. The molecule has 5 heterocycles. The Hall–Kier alpha value is -0.580. The Morgan fingerprint density at radius 3 is 2.01 bits per heavy atom. The first-order valence-corrected chi connectivity index (χ1v) is 32.9. The molecule has 0 aromatic carbocycles. The van der Waals surface area contributed by atoms with Crippen molar-refractivity contribution in [2.75, 3.05) is 11.5 Å². The van der Waals surface area contributed by atoms with Crippen molar-refractivity contribution in [1.82, 2.24) is 0 Å². The Labute approximate surface area is 425 Å². The molecule has 0 aromatic heterocycles. The fraction of sp³-hybridized carbons (Fsp3) is 0.870. The van der Waals surface area contributed by atoms with Gasteiger partial charge in [0.25, 0.3) is 0 Å². The Balaban J connectivity index is 1.47. The first kappa shape index (κ1) is 59.3. The maximum Gasteiger partial charge on any atom is 0.317 e.